The summed E-state index contributed by atoms with van der Waals surface area (Å²) in [6.45, 7) is 0.505. The zero-order valence-corrected chi connectivity index (χ0v) is 14.7. The Morgan fingerprint density at radius 1 is 1.12 bits per heavy atom. The van der Waals surface area contributed by atoms with Gasteiger partial charge in [0.1, 0.15) is 4.90 Å². The van der Waals surface area contributed by atoms with Crippen LogP contribution in [0.25, 0.3) is 10.8 Å². The van der Waals surface area contributed by atoms with E-state index in [1.54, 1.807) is 18.2 Å². The summed E-state index contributed by atoms with van der Waals surface area (Å²) in [5.74, 6) is -0.483. The smallest absolute Gasteiger partial charge is 0.298 e. The van der Waals surface area contributed by atoms with E-state index >= 15 is 0 Å². The van der Waals surface area contributed by atoms with Crippen LogP contribution >= 0.6 is 0 Å². The standard InChI is InChI=1S/C18H22N2O4S/c19-12-13-8-10-18(11-9-13,17(20)21)24-25(22,23)16-7-3-5-14-4-1-2-6-15(14)16/h1-7,13H,8-12,19H2,(H2,20,21). The van der Waals surface area contributed by atoms with Crippen LogP contribution < -0.4 is 11.5 Å². The van der Waals surface area contributed by atoms with Crippen molar-refractivity contribution >= 4 is 26.8 Å². The van der Waals surface area contributed by atoms with Gasteiger partial charge < -0.3 is 11.5 Å². The molecule has 0 heterocycles. The molecule has 134 valence electrons. The molecular weight excluding hydrogens is 340 g/mol. The van der Waals surface area contributed by atoms with Gasteiger partial charge in [-0.1, -0.05) is 36.4 Å². The van der Waals surface area contributed by atoms with E-state index in [-0.39, 0.29) is 23.7 Å². The van der Waals surface area contributed by atoms with Crippen LogP contribution in [0.1, 0.15) is 25.7 Å². The molecule has 1 amide bonds. The molecule has 3 rings (SSSR count). The van der Waals surface area contributed by atoms with Gasteiger partial charge in [-0.2, -0.15) is 8.42 Å². The normalized spacial score (nSPS) is 24.3. The van der Waals surface area contributed by atoms with Crippen LogP contribution in [0, 0.1) is 5.92 Å². The van der Waals surface area contributed by atoms with Crippen molar-refractivity contribution in [1.82, 2.24) is 0 Å². The Morgan fingerprint density at radius 2 is 1.76 bits per heavy atom. The summed E-state index contributed by atoms with van der Waals surface area (Å²) in [5, 5.41) is 1.34. The number of nitrogens with two attached hydrogens (primary N) is 2. The van der Waals surface area contributed by atoms with Gasteiger partial charge in [-0.05, 0) is 49.6 Å². The lowest BCUT2D eigenvalue weighted by atomic mass is 9.78. The first-order chi connectivity index (χ1) is 11.9. The molecule has 0 atom stereocenters. The summed E-state index contributed by atoms with van der Waals surface area (Å²) in [7, 11) is -4.15. The minimum absolute atomic E-state index is 0.0483. The second kappa shape index (κ2) is 6.74. The third-order valence-electron chi connectivity index (χ3n) is 4.98. The topological polar surface area (TPSA) is 112 Å². The van der Waals surface area contributed by atoms with E-state index in [1.165, 1.54) is 6.07 Å². The van der Waals surface area contributed by atoms with Crippen LogP contribution in [-0.4, -0.2) is 26.5 Å². The van der Waals surface area contributed by atoms with E-state index in [0.717, 1.165) is 5.39 Å². The van der Waals surface area contributed by atoms with Crippen molar-refractivity contribution in [2.75, 3.05) is 6.54 Å². The molecule has 0 aromatic heterocycles. The first-order valence-corrected chi connectivity index (χ1v) is 9.72. The van der Waals surface area contributed by atoms with Crippen molar-refractivity contribution in [3.05, 3.63) is 42.5 Å². The molecule has 25 heavy (non-hydrogen) atoms. The molecule has 1 fully saturated rings. The lowest BCUT2D eigenvalue weighted by Crippen LogP contribution is -2.50. The van der Waals surface area contributed by atoms with Crippen LogP contribution in [0.5, 0.6) is 0 Å². The number of amides is 1. The van der Waals surface area contributed by atoms with Crippen molar-refractivity contribution in [3.8, 4) is 0 Å². The Kier molecular flexibility index (Phi) is 4.81. The quantitative estimate of drug-likeness (QED) is 0.789. The van der Waals surface area contributed by atoms with E-state index in [9.17, 15) is 13.2 Å². The molecule has 6 nitrogen and oxygen atoms in total. The summed E-state index contributed by atoms with van der Waals surface area (Å²) < 4.78 is 31.3. The van der Waals surface area contributed by atoms with Crippen molar-refractivity contribution in [1.29, 1.82) is 0 Å². The Labute approximate surface area is 147 Å². The van der Waals surface area contributed by atoms with Crippen LogP contribution in [-0.2, 0) is 19.1 Å². The Morgan fingerprint density at radius 3 is 2.40 bits per heavy atom. The second-order valence-corrected chi connectivity index (χ2v) is 8.07. The molecule has 0 spiro atoms. The highest BCUT2D eigenvalue weighted by Gasteiger charge is 2.45. The van der Waals surface area contributed by atoms with Gasteiger partial charge in [0.2, 0.25) is 0 Å². The van der Waals surface area contributed by atoms with Gasteiger partial charge in [-0.3, -0.25) is 4.79 Å². The van der Waals surface area contributed by atoms with Gasteiger partial charge in [0.25, 0.3) is 16.0 Å². The lowest BCUT2D eigenvalue weighted by Gasteiger charge is -2.36. The van der Waals surface area contributed by atoms with E-state index in [1.807, 2.05) is 18.2 Å². The molecule has 2 aromatic rings. The molecular formula is C18H22N2O4S. The predicted octanol–water partition coefficient (Wildman–Crippen LogP) is 1.92. The van der Waals surface area contributed by atoms with Gasteiger partial charge in [0, 0.05) is 5.39 Å². The number of hydrogen-bond acceptors (Lipinski definition) is 5. The fraction of sp³-hybridized carbons (Fsp3) is 0.389. The summed E-state index contributed by atoms with van der Waals surface area (Å²) >= 11 is 0. The number of fused-ring (bicyclic) bond motifs is 1. The zero-order chi connectivity index (χ0) is 18.1. The average molecular weight is 362 g/mol. The predicted molar refractivity (Wildman–Crippen MR) is 95.2 cm³/mol. The molecule has 7 heteroatoms. The maximum atomic E-state index is 12.9. The fourth-order valence-electron chi connectivity index (χ4n) is 3.42. The highest BCUT2D eigenvalue weighted by Crippen LogP contribution is 2.37. The minimum Gasteiger partial charge on any atom is -0.367 e. The maximum absolute atomic E-state index is 12.9. The number of primary amides is 1. The van der Waals surface area contributed by atoms with Crippen LogP contribution in [0.15, 0.2) is 47.4 Å². The fourth-order valence-corrected chi connectivity index (χ4v) is 4.88. The van der Waals surface area contributed by atoms with Gasteiger partial charge in [-0.25, -0.2) is 4.18 Å². The Bertz CT molecular complexity index is 882. The average Bonchev–Trinajstić information content (AvgIpc) is 2.61. The first-order valence-electron chi connectivity index (χ1n) is 8.31. The number of benzene rings is 2. The molecule has 0 radical (unpaired) electrons. The number of carbonyl (C=O) groups excluding carboxylic acids is 1. The lowest BCUT2D eigenvalue weighted by molar-refractivity contribution is -0.136. The van der Waals surface area contributed by atoms with Gasteiger partial charge in [-0.15, -0.1) is 0 Å². The molecule has 4 N–H and O–H groups in total. The van der Waals surface area contributed by atoms with E-state index in [4.69, 9.17) is 15.7 Å². The molecule has 0 unspecified atom stereocenters. The van der Waals surface area contributed by atoms with Crippen LogP contribution in [0.3, 0.4) is 0 Å². The maximum Gasteiger partial charge on any atom is 0.298 e. The third-order valence-corrected chi connectivity index (χ3v) is 6.42. The summed E-state index contributed by atoms with van der Waals surface area (Å²) in [6, 6.07) is 12.1. The molecule has 1 aliphatic carbocycles. The monoisotopic (exact) mass is 362 g/mol. The Hall–Kier alpha value is -1.96. The largest absolute Gasteiger partial charge is 0.367 e. The van der Waals surface area contributed by atoms with Crippen molar-refractivity contribution in [2.45, 2.75) is 36.2 Å². The molecule has 0 bridgehead atoms. The molecule has 2 aromatic carbocycles. The number of hydrogen-bond donors (Lipinski definition) is 2. The van der Waals surface area contributed by atoms with Crippen LogP contribution in [0.4, 0.5) is 0 Å². The first kappa shape index (κ1) is 17.8. The SMILES string of the molecule is NCC1CCC(OS(=O)(=O)c2cccc3ccccc23)(C(N)=O)CC1. The highest BCUT2D eigenvalue weighted by molar-refractivity contribution is 7.87. The summed E-state index contributed by atoms with van der Waals surface area (Å²) in [6.07, 6.45) is 1.75. The van der Waals surface area contributed by atoms with Gasteiger partial charge >= 0.3 is 0 Å². The molecule has 0 saturated heterocycles. The Balaban J connectivity index is 1.98. The highest BCUT2D eigenvalue weighted by atomic mass is 32.2. The molecule has 0 aliphatic heterocycles. The van der Waals surface area contributed by atoms with Crippen LogP contribution in [0.2, 0.25) is 0 Å². The zero-order valence-electron chi connectivity index (χ0n) is 13.9. The molecule has 1 saturated carbocycles. The minimum atomic E-state index is -4.15. The van der Waals surface area contributed by atoms with Crippen molar-refractivity contribution in [2.24, 2.45) is 17.4 Å². The van der Waals surface area contributed by atoms with E-state index in [2.05, 4.69) is 0 Å². The third kappa shape index (κ3) is 3.40. The summed E-state index contributed by atoms with van der Waals surface area (Å²) in [5.41, 5.74) is 9.70. The van der Waals surface area contributed by atoms with Gasteiger partial charge in [0.05, 0.1) is 0 Å². The van der Waals surface area contributed by atoms with E-state index < -0.39 is 21.6 Å². The van der Waals surface area contributed by atoms with E-state index in [0.29, 0.717) is 24.8 Å². The molecule has 1 aliphatic rings. The van der Waals surface area contributed by atoms with Gasteiger partial charge in [0.15, 0.2) is 5.60 Å². The number of carbonyl (C=O) groups is 1. The summed E-state index contributed by atoms with van der Waals surface area (Å²) in [4.78, 5) is 12.1. The number of rotatable bonds is 5. The van der Waals surface area contributed by atoms with Crippen molar-refractivity contribution in [3.63, 3.8) is 0 Å². The van der Waals surface area contributed by atoms with Crippen molar-refractivity contribution < 1.29 is 17.4 Å². The second-order valence-electron chi connectivity index (χ2n) is 6.55.